The molecule has 0 aromatic rings. The molecule has 0 aromatic carbocycles. The summed E-state index contributed by atoms with van der Waals surface area (Å²) in [7, 11) is 4.91. The molecule has 1 atom stereocenters. The zero-order chi connectivity index (χ0) is 11.4. The molecule has 0 aromatic heterocycles. The standard InChI is InChI=1S/C10H18N2O3/c1-11-5-4-8(6-11)7-12(2)9(13)10(14)15-3/h8H,4-7H2,1-3H3. The van der Waals surface area contributed by atoms with Gasteiger partial charge in [0, 0.05) is 20.1 Å². The predicted octanol–water partition coefficient (Wildman–Crippen LogP) is -0.430. The molecule has 0 spiro atoms. The first-order valence-electron chi connectivity index (χ1n) is 5.06. The molecule has 15 heavy (non-hydrogen) atoms. The number of methoxy groups -OCH3 is 1. The Kier molecular flexibility index (Phi) is 4.08. The minimum absolute atomic E-state index is 0.466. The molecular weight excluding hydrogens is 196 g/mol. The Labute approximate surface area is 90.0 Å². The Hall–Kier alpha value is -1.10. The first-order chi connectivity index (χ1) is 7.04. The van der Waals surface area contributed by atoms with E-state index < -0.39 is 11.9 Å². The topological polar surface area (TPSA) is 49.9 Å². The summed E-state index contributed by atoms with van der Waals surface area (Å²) in [4.78, 5) is 26.0. The third kappa shape index (κ3) is 3.20. The lowest BCUT2D eigenvalue weighted by molar-refractivity contribution is -0.157. The Bertz CT molecular complexity index is 255. The monoisotopic (exact) mass is 214 g/mol. The van der Waals surface area contributed by atoms with Crippen molar-refractivity contribution < 1.29 is 14.3 Å². The highest BCUT2D eigenvalue weighted by Crippen LogP contribution is 2.15. The maximum Gasteiger partial charge on any atom is 0.396 e. The molecule has 1 aliphatic rings. The summed E-state index contributed by atoms with van der Waals surface area (Å²) in [5, 5.41) is 0. The molecule has 1 unspecified atom stereocenters. The van der Waals surface area contributed by atoms with E-state index in [9.17, 15) is 9.59 Å². The minimum Gasteiger partial charge on any atom is -0.462 e. The zero-order valence-corrected chi connectivity index (χ0v) is 9.52. The fourth-order valence-electron chi connectivity index (χ4n) is 1.89. The molecule has 1 fully saturated rings. The number of nitrogens with zero attached hydrogens (tertiary/aromatic N) is 2. The maximum absolute atomic E-state index is 11.4. The molecule has 0 N–H and O–H groups in total. The smallest absolute Gasteiger partial charge is 0.396 e. The SMILES string of the molecule is COC(=O)C(=O)N(C)CC1CCN(C)C1. The summed E-state index contributed by atoms with van der Waals surface area (Å²) < 4.78 is 4.38. The van der Waals surface area contributed by atoms with E-state index in [4.69, 9.17) is 0 Å². The van der Waals surface area contributed by atoms with E-state index in [0.717, 1.165) is 19.5 Å². The number of likely N-dealkylation sites (N-methyl/N-ethyl adjacent to an activating group) is 1. The van der Waals surface area contributed by atoms with Gasteiger partial charge in [0.15, 0.2) is 0 Å². The molecular formula is C10H18N2O3. The molecule has 86 valence electrons. The van der Waals surface area contributed by atoms with Crippen LogP contribution in [-0.4, -0.2) is 62.5 Å². The fraction of sp³-hybridized carbons (Fsp3) is 0.800. The number of esters is 1. The van der Waals surface area contributed by atoms with Gasteiger partial charge in [-0.2, -0.15) is 0 Å². The molecule has 5 nitrogen and oxygen atoms in total. The van der Waals surface area contributed by atoms with Crippen LogP contribution < -0.4 is 0 Å². The average molecular weight is 214 g/mol. The molecule has 1 heterocycles. The van der Waals surface area contributed by atoms with Gasteiger partial charge in [0.25, 0.3) is 0 Å². The van der Waals surface area contributed by atoms with Gasteiger partial charge in [-0.25, -0.2) is 4.79 Å². The van der Waals surface area contributed by atoms with Crippen molar-refractivity contribution in [1.29, 1.82) is 0 Å². The summed E-state index contributed by atoms with van der Waals surface area (Å²) in [6, 6.07) is 0. The van der Waals surface area contributed by atoms with E-state index in [0.29, 0.717) is 12.5 Å². The van der Waals surface area contributed by atoms with Gasteiger partial charge in [-0.1, -0.05) is 0 Å². The van der Waals surface area contributed by atoms with Crippen molar-refractivity contribution in [2.45, 2.75) is 6.42 Å². The second-order valence-electron chi connectivity index (χ2n) is 4.09. The van der Waals surface area contributed by atoms with E-state index in [-0.39, 0.29) is 0 Å². The summed E-state index contributed by atoms with van der Waals surface area (Å²) in [6.45, 7) is 2.67. The molecule has 0 saturated carbocycles. The number of carbonyl (C=O) groups is 2. The van der Waals surface area contributed by atoms with E-state index in [1.165, 1.54) is 12.0 Å². The van der Waals surface area contributed by atoms with Crippen LogP contribution in [0.3, 0.4) is 0 Å². The van der Waals surface area contributed by atoms with Gasteiger partial charge in [0.05, 0.1) is 7.11 Å². The van der Waals surface area contributed by atoms with Crippen LogP contribution in [0.15, 0.2) is 0 Å². The van der Waals surface area contributed by atoms with Gasteiger partial charge in [-0.05, 0) is 25.9 Å². The quantitative estimate of drug-likeness (QED) is 0.462. The zero-order valence-electron chi connectivity index (χ0n) is 9.52. The highest BCUT2D eigenvalue weighted by atomic mass is 16.5. The van der Waals surface area contributed by atoms with Gasteiger partial charge >= 0.3 is 11.9 Å². The number of amides is 1. The highest BCUT2D eigenvalue weighted by molar-refractivity contribution is 6.32. The van der Waals surface area contributed by atoms with Crippen molar-refractivity contribution in [3.63, 3.8) is 0 Å². The molecule has 1 rings (SSSR count). The van der Waals surface area contributed by atoms with Crippen LogP contribution in [0.4, 0.5) is 0 Å². The van der Waals surface area contributed by atoms with E-state index in [1.54, 1.807) is 7.05 Å². The van der Waals surface area contributed by atoms with Crippen molar-refractivity contribution >= 4 is 11.9 Å². The number of rotatable bonds is 2. The van der Waals surface area contributed by atoms with Gasteiger partial charge in [-0.15, -0.1) is 0 Å². The number of carbonyl (C=O) groups excluding carboxylic acids is 2. The van der Waals surface area contributed by atoms with Crippen molar-refractivity contribution in [3.8, 4) is 0 Å². The average Bonchev–Trinajstić information content (AvgIpc) is 2.61. The summed E-state index contributed by atoms with van der Waals surface area (Å²) in [5.41, 5.74) is 0. The van der Waals surface area contributed by atoms with Gasteiger partial charge < -0.3 is 14.5 Å². The van der Waals surface area contributed by atoms with Crippen LogP contribution in [0, 0.1) is 5.92 Å². The lowest BCUT2D eigenvalue weighted by Crippen LogP contribution is -2.37. The van der Waals surface area contributed by atoms with Crippen LogP contribution in [0.5, 0.6) is 0 Å². The maximum atomic E-state index is 11.4. The normalized spacial score (nSPS) is 21.4. The lowest BCUT2D eigenvalue weighted by Gasteiger charge is -2.19. The fourth-order valence-corrected chi connectivity index (χ4v) is 1.89. The van der Waals surface area contributed by atoms with Crippen LogP contribution in [0.1, 0.15) is 6.42 Å². The number of hydrogen-bond donors (Lipinski definition) is 0. The van der Waals surface area contributed by atoms with Crippen molar-refractivity contribution in [2.24, 2.45) is 5.92 Å². The molecule has 1 amide bonds. The minimum atomic E-state index is -0.788. The van der Waals surface area contributed by atoms with Crippen molar-refractivity contribution in [2.75, 3.05) is 40.8 Å². The van der Waals surface area contributed by atoms with Crippen molar-refractivity contribution in [1.82, 2.24) is 9.80 Å². The lowest BCUT2D eigenvalue weighted by atomic mass is 10.1. The summed E-state index contributed by atoms with van der Waals surface area (Å²) >= 11 is 0. The number of hydrogen-bond acceptors (Lipinski definition) is 4. The largest absolute Gasteiger partial charge is 0.462 e. The van der Waals surface area contributed by atoms with Crippen molar-refractivity contribution in [3.05, 3.63) is 0 Å². The Balaban J connectivity index is 2.38. The summed E-state index contributed by atoms with van der Waals surface area (Å²) in [6.07, 6.45) is 1.08. The molecule has 5 heteroatoms. The second kappa shape index (κ2) is 5.11. The van der Waals surface area contributed by atoms with E-state index in [1.807, 2.05) is 0 Å². The molecule has 0 aliphatic carbocycles. The molecule has 1 saturated heterocycles. The van der Waals surface area contributed by atoms with E-state index >= 15 is 0 Å². The number of ether oxygens (including phenoxy) is 1. The molecule has 1 aliphatic heterocycles. The first kappa shape index (κ1) is 12.0. The predicted molar refractivity (Wildman–Crippen MR) is 55.3 cm³/mol. The second-order valence-corrected chi connectivity index (χ2v) is 4.09. The van der Waals surface area contributed by atoms with Gasteiger partial charge in [-0.3, -0.25) is 4.79 Å². The Morgan fingerprint density at radius 1 is 1.53 bits per heavy atom. The molecule has 0 bridgehead atoms. The first-order valence-corrected chi connectivity index (χ1v) is 5.06. The third-order valence-electron chi connectivity index (χ3n) is 2.73. The van der Waals surface area contributed by atoms with Crippen LogP contribution in [0.25, 0.3) is 0 Å². The van der Waals surface area contributed by atoms with Crippen LogP contribution in [0.2, 0.25) is 0 Å². The Morgan fingerprint density at radius 3 is 2.67 bits per heavy atom. The third-order valence-corrected chi connectivity index (χ3v) is 2.73. The van der Waals surface area contributed by atoms with Gasteiger partial charge in [0.1, 0.15) is 0 Å². The van der Waals surface area contributed by atoms with Crippen LogP contribution in [-0.2, 0) is 14.3 Å². The molecule has 0 radical (unpaired) electrons. The van der Waals surface area contributed by atoms with Gasteiger partial charge in [0.2, 0.25) is 0 Å². The summed E-state index contributed by atoms with van der Waals surface area (Å²) in [5.74, 6) is -0.885. The number of likely N-dealkylation sites (tertiary alicyclic amines) is 1. The van der Waals surface area contributed by atoms with Crippen LogP contribution >= 0.6 is 0 Å². The highest BCUT2D eigenvalue weighted by Gasteiger charge is 2.25. The van der Waals surface area contributed by atoms with E-state index in [2.05, 4.69) is 16.7 Å². The Morgan fingerprint density at radius 2 is 2.20 bits per heavy atom.